The first-order valence-electron chi connectivity index (χ1n) is 6.79. The van der Waals surface area contributed by atoms with Crippen molar-refractivity contribution in [3.63, 3.8) is 0 Å². The fourth-order valence-corrected chi connectivity index (χ4v) is 2.64. The smallest absolute Gasteiger partial charge is 0.306 e. The first kappa shape index (κ1) is 15.0. The van der Waals surface area contributed by atoms with Crippen LogP contribution in [0.4, 0.5) is 18.9 Å². The standard InChI is InChI=1S/C16H10F3N3O/c17-16(18,19)12-2-1-3-14-11(12)6-7-22(14)15(23)13-5-4-10(8-20)9-21-13/h1-5,9H,6-7H2. The van der Waals surface area contributed by atoms with Crippen LogP contribution in [0.3, 0.4) is 0 Å². The lowest BCUT2D eigenvalue weighted by molar-refractivity contribution is -0.138. The van der Waals surface area contributed by atoms with Crippen LogP contribution in [0.2, 0.25) is 0 Å². The zero-order valence-electron chi connectivity index (χ0n) is 11.8. The van der Waals surface area contributed by atoms with E-state index in [0.717, 1.165) is 6.07 Å². The Morgan fingerprint density at radius 1 is 1.26 bits per heavy atom. The van der Waals surface area contributed by atoms with Gasteiger partial charge in [0.2, 0.25) is 0 Å². The van der Waals surface area contributed by atoms with E-state index in [1.54, 1.807) is 0 Å². The molecule has 0 bridgehead atoms. The Morgan fingerprint density at radius 2 is 2.04 bits per heavy atom. The Kier molecular flexibility index (Phi) is 3.52. The molecule has 0 fully saturated rings. The first-order chi connectivity index (χ1) is 10.9. The van der Waals surface area contributed by atoms with Crippen molar-refractivity contribution >= 4 is 11.6 Å². The lowest BCUT2D eigenvalue weighted by Gasteiger charge is -2.18. The summed E-state index contributed by atoms with van der Waals surface area (Å²) in [6.07, 6.45) is -3.04. The summed E-state index contributed by atoms with van der Waals surface area (Å²) in [4.78, 5) is 17.7. The Morgan fingerprint density at radius 3 is 2.65 bits per heavy atom. The van der Waals surface area contributed by atoms with Crippen molar-refractivity contribution in [2.24, 2.45) is 0 Å². The molecule has 1 aliphatic heterocycles. The van der Waals surface area contributed by atoms with Gasteiger partial charge in [-0.05, 0) is 36.2 Å². The van der Waals surface area contributed by atoms with Crippen molar-refractivity contribution in [3.8, 4) is 6.07 Å². The van der Waals surface area contributed by atoms with Crippen LogP contribution < -0.4 is 4.90 Å². The molecular formula is C16H10F3N3O. The number of hydrogen-bond acceptors (Lipinski definition) is 3. The Bertz CT molecular complexity index is 807. The van der Waals surface area contributed by atoms with Crippen LogP contribution in [0, 0.1) is 11.3 Å². The lowest BCUT2D eigenvalue weighted by atomic mass is 10.0. The molecule has 1 aliphatic rings. The quantitative estimate of drug-likeness (QED) is 0.812. The number of benzene rings is 1. The summed E-state index contributed by atoms with van der Waals surface area (Å²) in [6, 6.07) is 8.54. The van der Waals surface area contributed by atoms with Gasteiger partial charge in [0.15, 0.2) is 0 Å². The third-order valence-electron chi connectivity index (χ3n) is 3.69. The molecule has 7 heteroatoms. The number of anilines is 1. The zero-order chi connectivity index (χ0) is 16.6. The number of fused-ring (bicyclic) bond motifs is 1. The van der Waals surface area contributed by atoms with E-state index in [9.17, 15) is 18.0 Å². The third kappa shape index (κ3) is 2.63. The lowest BCUT2D eigenvalue weighted by Crippen LogP contribution is -2.29. The average Bonchev–Trinajstić information content (AvgIpc) is 2.97. The highest BCUT2D eigenvalue weighted by Crippen LogP contribution is 2.39. The Hall–Kier alpha value is -2.88. The van der Waals surface area contributed by atoms with Crippen LogP contribution >= 0.6 is 0 Å². The van der Waals surface area contributed by atoms with Crippen molar-refractivity contribution < 1.29 is 18.0 Å². The van der Waals surface area contributed by atoms with Crippen molar-refractivity contribution in [2.45, 2.75) is 12.6 Å². The number of pyridine rings is 1. The number of nitriles is 1. The number of amides is 1. The maximum absolute atomic E-state index is 13.0. The minimum Gasteiger partial charge on any atom is -0.306 e. The monoisotopic (exact) mass is 317 g/mol. The summed E-state index contributed by atoms with van der Waals surface area (Å²) in [5.74, 6) is -0.479. The van der Waals surface area contributed by atoms with E-state index in [0.29, 0.717) is 5.56 Å². The molecule has 1 aromatic heterocycles. The van der Waals surface area contributed by atoms with Gasteiger partial charge in [0.25, 0.3) is 5.91 Å². The van der Waals surface area contributed by atoms with Gasteiger partial charge in [0, 0.05) is 18.4 Å². The van der Waals surface area contributed by atoms with Gasteiger partial charge in [-0.2, -0.15) is 18.4 Å². The summed E-state index contributed by atoms with van der Waals surface area (Å²) >= 11 is 0. The molecule has 0 unspecified atom stereocenters. The molecule has 0 saturated heterocycles. The SMILES string of the molecule is N#Cc1ccc(C(=O)N2CCc3c2cccc3C(F)(F)F)nc1. The highest BCUT2D eigenvalue weighted by Gasteiger charge is 2.38. The maximum atomic E-state index is 13.0. The van der Waals surface area contributed by atoms with E-state index in [2.05, 4.69) is 4.98 Å². The second kappa shape index (κ2) is 5.39. The molecule has 2 aromatic rings. The molecule has 0 atom stereocenters. The van der Waals surface area contributed by atoms with Crippen LogP contribution in [0.15, 0.2) is 36.5 Å². The molecule has 0 N–H and O–H groups in total. The molecule has 1 amide bonds. The van der Waals surface area contributed by atoms with Crippen LogP contribution in [0.25, 0.3) is 0 Å². The molecule has 0 radical (unpaired) electrons. The molecule has 0 aliphatic carbocycles. The van der Waals surface area contributed by atoms with E-state index < -0.39 is 17.6 Å². The molecule has 4 nitrogen and oxygen atoms in total. The van der Waals surface area contributed by atoms with E-state index in [4.69, 9.17) is 5.26 Å². The fourth-order valence-electron chi connectivity index (χ4n) is 2.64. The number of rotatable bonds is 1. The first-order valence-corrected chi connectivity index (χ1v) is 6.79. The van der Waals surface area contributed by atoms with Crippen molar-refractivity contribution in [3.05, 3.63) is 58.9 Å². The van der Waals surface area contributed by atoms with Crippen LogP contribution in [0.5, 0.6) is 0 Å². The summed E-state index contributed by atoms with van der Waals surface area (Å²) in [5, 5.41) is 8.72. The molecule has 0 saturated carbocycles. The van der Waals surface area contributed by atoms with Gasteiger partial charge in [0.05, 0.1) is 11.1 Å². The molecule has 1 aromatic carbocycles. The predicted molar refractivity (Wildman–Crippen MR) is 75.8 cm³/mol. The number of halogens is 3. The molecule has 3 rings (SSSR count). The van der Waals surface area contributed by atoms with Crippen LogP contribution in [0.1, 0.15) is 27.2 Å². The Balaban J connectivity index is 1.96. The second-order valence-corrected chi connectivity index (χ2v) is 5.05. The van der Waals surface area contributed by atoms with E-state index in [1.807, 2.05) is 6.07 Å². The minimum absolute atomic E-state index is 0.0919. The van der Waals surface area contributed by atoms with Crippen molar-refractivity contribution in [2.75, 3.05) is 11.4 Å². The summed E-state index contributed by atoms with van der Waals surface area (Å²) < 4.78 is 39.1. The minimum atomic E-state index is -4.45. The summed E-state index contributed by atoms with van der Waals surface area (Å²) in [5.41, 5.74) is 0.0769. The largest absolute Gasteiger partial charge is 0.416 e. The highest BCUT2D eigenvalue weighted by molar-refractivity contribution is 6.06. The number of alkyl halides is 3. The van der Waals surface area contributed by atoms with Crippen molar-refractivity contribution in [1.29, 1.82) is 5.26 Å². The molecule has 23 heavy (non-hydrogen) atoms. The number of aromatic nitrogens is 1. The van der Waals surface area contributed by atoms with E-state index >= 15 is 0 Å². The van der Waals surface area contributed by atoms with Gasteiger partial charge in [0.1, 0.15) is 11.8 Å². The maximum Gasteiger partial charge on any atom is 0.416 e. The summed E-state index contributed by atoms with van der Waals surface area (Å²) in [7, 11) is 0. The van der Waals surface area contributed by atoms with Gasteiger partial charge in [-0.1, -0.05) is 6.07 Å². The van der Waals surface area contributed by atoms with Crippen LogP contribution in [-0.4, -0.2) is 17.4 Å². The molecular weight excluding hydrogens is 307 g/mol. The van der Waals surface area contributed by atoms with Crippen LogP contribution in [-0.2, 0) is 12.6 Å². The van der Waals surface area contributed by atoms with E-state index in [-0.39, 0.29) is 29.9 Å². The highest BCUT2D eigenvalue weighted by atomic mass is 19.4. The number of carbonyl (C=O) groups is 1. The topological polar surface area (TPSA) is 57.0 Å². The van der Waals surface area contributed by atoms with Gasteiger partial charge < -0.3 is 4.90 Å². The van der Waals surface area contributed by atoms with Gasteiger partial charge in [-0.25, -0.2) is 4.98 Å². The fraction of sp³-hybridized carbons (Fsp3) is 0.188. The third-order valence-corrected chi connectivity index (χ3v) is 3.69. The molecule has 2 heterocycles. The Labute approximate surface area is 129 Å². The van der Waals surface area contributed by atoms with Gasteiger partial charge in [-0.3, -0.25) is 4.79 Å². The second-order valence-electron chi connectivity index (χ2n) is 5.05. The van der Waals surface area contributed by atoms with Crippen molar-refractivity contribution in [1.82, 2.24) is 4.98 Å². The zero-order valence-corrected chi connectivity index (χ0v) is 11.8. The predicted octanol–water partition coefficient (Wildman–Crippen LogP) is 3.17. The molecule has 116 valence electrons. The van der Waals surface area contributed by atoms with E-state index in [1.165, 1.54) is 35.4 Å². The number of carbonyl (C=O) groups excluding carboxylic acids is 1. The summed E-state index contributed by atoms with van der Waals surface area (Å²) in [6.45, 7) is 0.170. The molecule has 0 spiro atoms. The average molecular weight is 317 g/mol. The normalized spacial score (nSPS) is 13.6. The van der Waals surface area contributed by atoms with Gasteiger partial charge >= 0.3 is 6.18 Å². The van der Waals surface area contributed by atoms with Gasteiger partial charge in [-0.15, -0.1) is 0 Å². The number of nitrogens with zero attached hydrogens (tertiary/aromatic N) is 3. The number of hydrogen-bond donors (Lipinski definition) is 0.